The van der Waals surface area contributed by atoms with Crippen molar-refractivity contribution in [3.05, 3.63) is 28.8 Å². The summed E-state index contributed by atoms with van der Waals surface area (Å²) in [5.41, 5.74) is 6.29. The molecule has 0 heterocycles. The number of ether oxygens (including phenoxy) is 1. The quantitative estimate of drug-likeness (QED) is 0.691. The van der Waals surface area contributed by atoms with Crippen molar-refractivity contribution >= 4 is 11.6 Å². The molecule has 0 fully saturated rings. The van der Waals surface area contributed by atoms with E-state index in [4.69, 9.17) is 32.3 Å². The summed E-state index contributed by atoms with van der Waals surface area (Å²) in [6, 6.07) is 5.12. The second kappa shape index (κ2) is 5.92. The first kappa shape index (κ1) is 12.3. The zero-order valence-electron chi connectivity index (χ0n) is 8.19. The van der Waals surface area contributed by atoms with Crippen molar-refractivity contribution in [1.82, 2.24) is 0 Å². The molecule has 0 spiro atoms. The molecule has 1 rings (SSSR count). The van der Waals surface area contributed by atoms with Gasteiger partial charge in [-0.2, -0.15) is 0 Å². The molecule has 0 aliphatic rings. The normalized spacial score (nSPS) is 12.5. The lowest BCUT2D eigenvalue weighted by Gasteiger charge is -2.10. The third-order valence-electron chi connectivity index (χ3n) is 1.90. The van der Waals surface area contributed by atoms with Crippen LogP contribution in [-0.2, 0) is 6.54 Å². The molecule has 1 aromatic carbocycles. The van der Waals surface area contributed by atoms with Gasteiger partial charge in [0, 0.05) is 11.6 Å². The summed E-state index contributed by atoms with van der Waals surface area (Å²) >= 11 is 5.91. The van der Waals surface area contributed by atoms with Gasteiger partial charge in [0.15, 0.2) is 0 Å². The molecule has 5 heteroatoms. The Kier molecular flexibility index (Phi) is 4.84. The van der Waals surface area contributed by atoms with Gasteiger partial charge in [-0.3, -0.25) is 0 Å². The van der Waals surface area contributed by atoms with Gasteiger partial charge in [-0.25, -0.2) is 0 Å². The highest BCUT2D eigenvalue weighted by Gasteiger charge is 2.04. The molecule has 15 heavy (non-hydrogen) atoms. The summed E-state index contributed by atoms with van der Waals surface area (Å²) in [5, 5.41) is 18.2. The smallest absolute Gasteiger partial charge is 0.120 e. The third-order valence-corrected chi connectivity index (χ3v) is 2.25. The van der Waals surface area contributed by atoms with E-state index >= 15 is 0 Å². The molecular formula is C10H14ClNO3. The Hall–Kier alpha value is -0.810. The highest BCUT2D eigenvalue weighted by molar-refractivity contribution is 6.31. The Morgan fingerprint density at radius 1 is 1.47 bits per heavy atom. The maximum absolute atomic E-state index is 9.06. The average Bonchev–Trinajstić information content (AvgIpc) is 2.26. The van der Waals surface area contributed by atoms with Crippen LogP contribution in [0.2, 0.25) is 5.02 Å². The Balaban J connectivity index is 2.59. The Morgan fingerprint density at radius 2 is 2.20 bits per heavy atom. The molecule has 1 aromatic rings. The number of aliphatic hydroxyl groups is 2. The minimum Gasteiger partial charge on any atom is -0.491 e. The standard InChI is InChI=1S/C10H14ClNO3/c11-10-3-9(2-1-7(10)4-12)15-6-8(14)5-13/h1-3,8,13-14H,4-6,12H2/t8-/m1/s1. The lowest BCUT2D eigenvalue weighted by atomic mass is 10.2. The number of nitrogens with two attached hydrogens (primary N) is 1. The first-order valence-corrected chi connectivity index (χ1v) is 4.95. The summed E-state index contributed by atoms with van der Waals surface area (Å²) in [7, 11) is 0. The van der Waals surface area contributed by atoms with Crippen LogP contribution in [0.3, 0.4) is 0 Å². The van der Waals surface area contributed by atoms with E-state index in [1.807, 2.05) is 0 Å². The molecule has 0 radical (unpaired) electrons. The van der Waals surface area contributed by atoms with Crippen LogP contribution in [0.4, 0.5) is 0 Å². The fourth-order valence-corrected chi connectivity index (χ4v) is 1.28. The fourth-order valence-electron chi connectivity index (χ4n) is 1.03. The van der Waals surface area contributed by atoms with E-state index in [9.17, 15) is 0 Å². The highest BCUT2D eigenvalue weighted by Crippen LogP contribution is 2.22. The van der Waals surface area contributed by atoms with E-state index in [0.717, 1.165) is 5.56 Å². The van der Waals surface area contributed by atoms with Gasteiger partial charge in [-0.1, -0.05) is 17.7 Å². The zero-order valence-corrected chi connectivity index (χ0v) is 8.94. The Bertz CT molecular complexity index is 320. The molecule has 0 saturated carbocycles. The predicted octanol–water partition coefficient (Wildman–Crippen LogP) is 0.531. The molecule has 0 aliphatic carbocycles. The number of halogens is 1. The second-order valence-electron chi connectivity index (χ2n) is 3.10. The van der Waals surface area contributed by atoms with Crippen LogP contribution in [-0.4, -0.2) is 29.5 Å². The summed E-state index contributed by atoms with van der Waals surface area (Å²) < 4.78 is 5.20. The van der Waals surface area contributed by atoms with Crippen molar-refractivity contribution in [2.75, 3.05) is 13.2 Å². The largest absolute Gasteiger partial charge is 0.491 e. The van der Waals surface area contributed by atoms with Gasteiger partial charge in [0.2, 0.25) is 0 Å². The molecule has 0 unspecified atom stereocenters. The first-order valence-electron chi connectivity index (χ1n) is 4.57. The van der Waals surface area contributed by atoms with Gasteiger partial charge < -0.3 is 20.7 Å². The molecule has 0 bridgehead atoms. The van der Waals surface area contributed by atoms with Crippen LogP contribution in [0.25, 0.3) is 0 Å². The summed E-state index contributed by atoms with van der Waals surface area (Å²) in [6.07, 6.45) is -0.877. The molecular weight excluding hydrogens is 218 g/mol. The minimum atomic E-state index is -0.877. The van der Waals surface area contributed by atoms with Crippen molar-refractivity contribution < 1.29 is 14.9 Å². The maximum atomic E-state index is 9.06. The van der Waals surface area contributed by atoms with Crippen LogP contribution in [0.15, 0.2) is 18.2 Å². The van der Waals surface area contributed by atoms with E-state index in [1.54, 1.807) is 18.2 Å². The van der Waals surface area contributed by atoms with Crippen molar-refractivity contribution in [3.63, 3.8) is 0 Å². The molecule has 4 nitrogen and oxygen atoms in total. The zero-order chi connectivity index (χ0) is 11.3. The Morgan fingerprint density at radius 3 is 2.73 bits per heavy atom. The Labute approximate surface area is 93.2 Å². The number of benzene rings is 1. The van der Waals surface area contributed by atoms with E-state index < -0.39 is 6.10 Å². The highest BCUT2D eigenvalue weighted by atomic mass is 35.5. The monoisotopic (exact) mass is 231 g/mol. The number of aliphatic hydroxyl groups excluding tert-OH is 2. The van der Waals surface area contributed by atoms with Gasteiger partial charge in [0.1, 0.15) is 18.5 Å². The number of rotatable bonds is 5. The minimum absolute atomic E-state index is 0.0365. The molecule has 0 aromatic heterocycles. The average molecular weight is 232 g/mol. The molecule has 0 saturated heterocycles. The number of hydrogen-bond acceptors (Lipinski definition) is 4. The van der Waals surface area contributed by atoms with Crippen LogP contribution >= 0.6 is 11.6 Å². The van der Waals surface area contributed by atoms with Crippen LogP contribution < -0.4 is 10.5 Å². The van der Waals surface area contributed by atoms with Crippen LogP contribution in [0.1, 0.15) is 5.56 Å². The molecule has 0 aliphatic heterocycles. The third kappa shape index (κ3) is 3.68. The number of hydrogen-bond donors (Lipinski definition) is 3. The van der Waals surface area contributed by atoms with Gasteiger partial charge in [-0.15, -0.1) is 0 Å². The van der Waals surface area contributed by atoms with Gasteiger partial charge in [-0.05, 0) is 17.7 Å². The molecule has 0 amide bonds. The predicted molar refractivity (Wildman–Crippen MR) is 57.9 cm³/mol. The lowest BCUT2D eigenvalue weighted by Crippen LogP contribution is -2.21. The molecule has 84 valence electrons. The van der Waals surface area contributed by atoms with Gasteiger partial charge >= 0.3 is 0 Å². The fraction of sp³-hybridized carbons (Fsp3) is 0.400. The summed E-state index contributed by atoms with van der Waals surface area (Å²) in [5.74, 6) is 0.546. The van der Waals surface area contributed by atoms with Crippen LogP contribution in [0, 0.1) is 0 Å². The summed E-state index contributed by atoms with van der Waals surface area (Å²) in [4.78, 5) is 0. The molecule has 1 atom stereocenters. The summed E-state index contributed by atoms with van der Waals surface area (Å²) in [6.45, 7) is 0.0851. The SMILES string of the molecule is NCc1ccc(OC[C@H](O)CO)cc1Cl. The van der Waals surface area contributed by atoms with Crippen molar-refractivity contribution in [1.29, 1.82) is 0 Å². The first-order chi connectivity index (χ1) is 7.17. The topological polar surface area (TPSA) is 75.7 Å². The van der Waals surface area contributed by atoms with Crippen molar-refractivity contribution in [2.24, 2.45) is 5.73 Å². The second-order valence-corrected chi connectivity index (χ2v) is 3.51. The molecule has 4 N–H and O–H groups in total. The van der Waals surface area contributed by atoms with Crippen molar-refractivity contribution in [3.8, 4) is 5.75 Å². The van der Waals surface area contributed by atoms with E-state index in [-0.39, 0.29) is 13.2 Å². The lowest BCUT2D eigenvalue weighted by molar-refractivity contribution is 0.0536. The van der Waals surface area contributed by atoms with Gasteiger partial charge in [0.05, 0.1) is 6.61 Å². The van der Waals surface area contributed by atoms with Crippen LogP contribution in [0.5, 0.6) is 5.75 Å². The van der Waals surface area contributed by atoms with Crippen molar-refractivity contribution in [2.45, 2.75) is 12.6 Å². The van der Waals surface area contributed by atoms with E-state index in [1.165, 1.54) is 0 Å². The van der Waals surface area contributed by atoms with E-state index in [2.05, 4.69) is 0 Å². The van der Waals surface area contributed by atoms with Gasteiger partial charge in [0.25, 0.3) is 0 Å². The van der Waals surface area contributed by atoms with E-state index in [0.29, 0.717) is 17.3 Å². The maximum Gasteiger partial charge on any atom is 0.120 e.